The van der Waals surface area contributed by atoms with E-state index >= 15 is 0 Å². The molecule has 0 aromatic carbocycles. The third-order valence-electron chi connectivity index (χ3n) is 3.64. The van der Waals surface area contributed by atoms with Crippen LogP contribution in [0.25, 0.3) is 10.4 Å². The minimum atomic E-state index is -1.83. The van der Waals surface area contributed by atoms with Crippen molar-refractivity contribution < 1.29 is 14.0 Å². The monoisotopic (exact) mass is 301 g/mol. The van der Waals surface area contributed by atoms with Crippen LogP contribution in [-0.4, -0.2) is 33.5 Å². The number of carbonyl (C=O) groups is 1. The van der Waals surface area contributed by atoms with Gasteiger partial charge in [0.25, 0.3) is 0 Å². The molecule has 0 rings (SSSR count). The Balaban J connectivity index is 4.28. The number of carbonyl (C=O) groups excluding carboxylic acids is 1. The van der Waals surface area contributed by atoms with Gasteiger partial charge >= 0.3 is 5.97 Å². The van der Waals surface area contributed by atoms with Crippen LogP contribution >= 0.6 is 0 Å². The molecule has 0 spiro atoms. The second-order valence-electron chi connectivity index (χ2n) is 6.41. The molecular formula is C13H27N3O3Si. The maximum Gasteiger partial charge on any atom is 0.302 e. The largest absolute Gasteiger partial charge is 0.466 e. The van der Waals surface area contributed by atoms with Crippen molar-refractivity contribution in [3.63, 3.8) is 0 Å². The van der Waals surface area contributed by atoms with E-state index in [1.165, 1.54) is 6.92 Å². The Morgan fingerprint density at radius 2 is 2.00 bits per heavy atom. The van der Waals surface area contributed by atoms with E-state index in [-0.39, 0.29) is 17.0 Å². The molecule has 0 bridgehead atoms. The number of hydrogen-bond acceptors (Lipinski definition) is 4. The van der Waals surface area contributed by atoms with E-state index in [0.29, 0.717) is 26.1 Å². The van der Waals surface area contributed by atoms with Crippen molar-refractivity contribution in [2.75, 3.05) is 13.2 Å². The molecule has 0 amide bonds. The fourth-order valence-corrected chi connectivity index (χ4v) is 2.35. The standard InChI is InChI=1S/C13H27N3O3Si/c1-11(17)18-9-7-8-12(15-16-14)10-19-20(5,6)13(2,3)4/h12H,7-10H2,1-6H3/t12-/m1/s1. The molecule has 0 aliphatic rings. The SMILES string of the molecule is CC(=O)OCCC[C@H](CO[Si](C)(C)C(C)(C)C)N=[N+]=[N-]. The van der Waals surface area contributed by atoms with Gasteiger partial charge in [0.05, 0.1) is 12.6 Å². The summed E-state index contributed by atoms with van der Waals surface area (Å²) in [4.78, 5) is 13.5. The fraction of sp³-hybridized carbons (Fsp3) is 0.923. The molecule has 0 N–H and O–H groups in total. The van der Waals surface area contributed by atoms with Gasteiger partial charge in [-0.2, -0.15) is 0 Å². The Hall–Kier alpha value is -1.04. The van der Waals surface area contributed by atoms with Crippen molar-refractivity contribution in [2.45, 2.75) is 64.7 Å². The number of hydrogen-bond donors (Lipinski definition) is 0. The van der Waals surface area contributed by atoms with Crippen LogP contribution in [0, 0.1) is 0 Å². The lowest BCUT2D eigenvalue weighted by molar-refractivity contribution is -0.141. The smallest absolute Gasteiger partial charge is 0.302 e. The highest BCUT2D eigenvalue weighted by Gasteiger charge is 2.37. The van der Waals surface area contributed by atoms with Gasteiger partial charge in [-0.3, -0.25) is 4.79 Å². The van der Waals surface area contributed by atoms with Gasteiger partial charge in [0, 0.05) is 18.4 Å². The number of ether oxygens (including phenoxy) is 1. The molecule has 0 saturated heterocycles. The summed E-state index contributed by atoms with van der Waals surface area (Å²) in [5, 5.41) is 3.89. The number of azide groups is 1. The third-order valence-corrected chi connectivity index (χ3v) is 8.15. The molecule has 0 unspecified atom stereocenters. The predicted octanol–water partition coefficient (Wildman–Crippen LogP) is 4.03. The highest BCUT2D eigenvalue weighted by molar-refractivity contribution is 6.74. The minimum Gasteiger partial charge on any atom is -0.466 e. The Morgan fingerprint density at radius 1 is 1.40 bits per heavy atom. The van der Waals surface area contributed by atoms with E-state index in [1.54, 1.807) is 0 Å². The van der Waals surface area contributed by atoms with Crippen LogP contribution in [0.2, 0.25) is 18.1 Å². The molecule has 0 saturated carbocycles. The van der Waals surface area contributed by atoms with Gasteiger partial charge in [0.1, 0.15) is 0 Å². The van der Waals surface area contributed by atoms with Crippen molar-refractivity contribution >= 4 is 14.3 Å². The van der Waals surface area contributed by atoms with Gasteiger partial charge in [-0.15, -0.1) is 0 Å². The summed E-state index contributed by atoms with van der Waals surface area (Å²) in [6.45, 7) is 13.0. The Bertz CT molecular complexity index is 360. The van der Waals surface area contributed by atoms with Crippen molar-refractivity contribution in [2.24, 2.45) is 5.11 Å². The first-order chi connectivity index (χ1) is 9.10. The van der Waals surface area contributed by atoms with Crippen LogP contribution in [0.1, 0.15) is 40.5 Å². The van der Waals surface area contributed by atoms with Crippen LogP contribution in [0.5, 0.6) is 0 Å². The zero-order valence-electron chi connectivity index (χ0n) is 13.5. The van der Waals surface area contributed by atoms with Gasteiger partial charge < -0.3 is 9.16 Å². The summed E-state index contributed by atoms with van der Waals surface area (Å²) in [6, 6.07) is -0.204. The van der Waals surface area contributed by atoms with Crippen molar-refractivity contribution in [3.8, 4) is 0 Å². The Kier molecular flexibility index (Phi) is 7.86. The molecule has 0 aromatic rings. The lowest BCUT2D eigenvalue weighted by Crippen LogP contribution is -2.42. The van der Waals surface area contributed by atoms with Crippen LogP contribution in [-0.2, 0) is 14.0 Å². The summed E-state index contributed by atoms with van der Waals surface area (Å²) in [6.07, 6.45) is 1.33. The van der Waals surface area contributed by atoms with Crippen molar-refractivity contribution in [1.29, 1.82) is 0 Å². The molecule has 0 aliphatic carbocycles. The van der Waals surface area contributed by atoms with Gasteiger partial charge in [0.2, 0.25) is 0 Å². The summed E-state index contributed by atoms with van der Waals surface area (Å²) < 4.78 is 10.9. The first-order valence-corrected chi connectivity index (χ1v) is 9.82. The van der Waals surface area contributed by atoms with E-state index in [2.05, 4.69) is 43.9 Å². The fourth-order valence-electron chi connectivity index (χ4n) is 1.30. The van der Waals surface area contributed by atoms with Crippen molar-refractivity contribution in [3.05, 3.63) is 10.4 Å². The Morgan fingerprint density at radius 3 is 2.45 bits per heavy atom. The van der Waals surface area contributed by atoms with E-state index < -0.39 is 8.32 Å². The van der Waals surface area contributed by atoms with Gasteiger partial charge in [-0.05, 0) is 36.5 Å². The summed E-state index contributed by atoms with van der Waals surface area (Å²) in [5.74, 6) is -0.289. The molecule has 0 radical (unpaired) electrons. The van der Waals surface area contributed by atoms with Crippen LogP contribution in [0.4, 0.5) is 0 Å². The second-order valence-corrected chi connectivity index (χ2v) is 11.2. The van der Waals surface area contributed by atoms with Gasteiger partial charge in [-0.1, -0.05) is 25.9 Å². The molecule has 0 aromatic heterocycles. The first-order valence-electron chi connectivity index (χ1n) is 6.91. The van der Waals surface area contributed by atoms with E-state index in [9.17, 15) is 4.79 Å². The zero-order valence-corrected chi connectivity index (χ0v) is 14.5. The maximum absolute atomic E-state index is 10.7. The number of rotatable bonds is 8. The predicted molar refractivity (Wildman–Crippen MR) is 82.0 cm³/mol. The van der Waals surface area contributed by atoms with Crippen LogP contribution in [0.3, 0.4) is 0 Å². The minimum absolute atomic E-state index is 0.131. The third kappa shape index (κ3) is 7.52. The second kappa shape index (κ2) is 8.29. The average Bonchev–Trinajstić information content (AvgIpc) is 2.29. The van der Waals surface area contributed by atoms with E-state index in [4.69, 9.17) is 14.7 Å². The normalized spacial score (nSPS) is 13.5. The van der Waals surface area contributed by atoms with Gasteiger partial charge in [-0.25, -0.2) is 0 Å². The van der Waals surface area contributed by atoms with Crippen LogP contribution in [0.15, 0.2) is 5.11 Å². The number of nitrogens with zero attached hydrogens (tertiary/aromatic N) is 3. The number of esters is 1. The molecular weight excluding hydrogens is 274 g/mol. The van der Waals surface area contributed by atoms with E-state index in [0.717, 1.165) is 0 Å². The molecule has 6 nitrogen and oxygen atoms in total. The molecule has 116 valence electrons. The van der Waals surface area contributed by atoms with Gasteiger partial charge in [0.15, 0.2) is 8.32 Å². The van der Waals surface area contributed by atoms with Crippen LogP contribution < -0.4 is 0 Å². The quantitative estimate of drug-likeness (QED) is 0.169. The average molecular weight is 301 g/mol. The topological polar surface area (TPSA) is 84.3 Å². The lowest BCUT2D eigenvalue weighted by atomic mass is 10.2. The summed E-state index contributed by atoms with van der Waals surface area (Å²) in [5.41, 5.74) is 8.60. The molecule has 20 heavy (non-hydrogen) atoms. The zero-order chi connectivity index (χ0) is 15.8. The van der Waals surface area contributed by atoms with E-state index in [1.807, 2.05) is 0 Å². The lowest BCUT2D eigenvalue weighted by Gasteiger charge is -2.36. The first kappa shape index (κ1) is 19.0. The molecule has 0 aliphatic heterocycles. The summed E-state index contributed by atoms with van der Waals surface area (Å²) in [7, 11) is -1.83. The summed E-state index contributed by atoms with van der Waals surface area (Å²) >= 11 is 0. The van der Waals surface area contributed by atoms with Crippen molar-refractivity contribution in [1.82, 2.24) is 0 Å². The molecule has 0 heterocycles. The maximum atomic E-state index is 10.7. The molecule has 0 fully saturated rings. The molecule has 1 atom stereocenters. The highest BCUT2D eigenvalue weighted by atomic mass is 28.4. The molecule has 7 heteroatoms. The highest BCUT2D eigenvalue weighted by Crippen LogP contribution is 2.36. The Labute approximate surface area is 122 Å².